The fourth-order valence-electron chi connectivity index (χ4n) is 3.83. The Labute approximate surface area is 159 Å². The van der Waals surface area contributed by atoms with Gasteiger partial charge in [0.25, 0.3) is 0 Å². The molecule has 0 aromatic heterocycles. The lowest BCUT2D eigenvalue weighted by molar-refractivity contribution is 0.263. The van der Waals surface area contributed by atoms with Crippen LogP contribution in [0.5, 0.6) is 5.75 Å². The molecule has 5 nitrogen and oxygen atoms in total. The molecule has 146 valence electrons. The highest BCUT2D eigenvalue weighted by Crippen LogP contribution is 2.45. The highest BCUT2D eigenvalue weighted by atomic mass is 16.3. The highest BCUT2D eigenvalue weighted by Gasteiger charge is 2.32. The molecule has 2 aromatic carbocycles. The van der Waals surface area contributed by atoms with Crippen molar-refractivity contribution in [2.45, 2.75) is 64.4 Å². The summed E-state index contributed by atoms with van der Waals surface area (Å²) in [6.07, 6.45) is 2.17. The van der Waals surface area contributed by atoms with Gasteiger partial charge in [0.2, 0.25) is 0 Å². The zero-order valence-corrected chi connectivity index (χ0v) is 15.9. The van der Waals surface area contributed by atoms with Crippen LogP contribution in [0.2, 0.25) is 0 Å². The third kappa shape index (κ3) is 3.60. The summed E-state index contributed by atoms with van der Waals surface area (Å²) in [4.78, 5) is 0. The van der Waals surface area contributed by atoms with E-state index in [9.17, 15) is 25.5 Å². The summed E-state index contributed by atoms with van der Waals surface area (Å²) in [7, 11) is 0. The first kappa shape index (κ1) is 19.8. The molecule has 1 aliphatic carbocycles. The van der Waals surface area contributed by atoms with Crippen LogP contribution < -0.4 is 0 Å². The number of benzene rings is 2. The van der Waals surface area contributed by atoms with Gasteiger partial charge in [0, 0.05) is 16.5 Å². The largest absolute Gasteiger partial charge is 0.507 e. The van der Waals surface area contributed by atoms with E-state index in [2.05, 4.69) is 0 Å². The Hall–Kier alpha value is -1.92. The number of rotatable bonds is 7. The van der Waals surface area contributed by atoms with Gasteiger partial charge in [-0.15, -0.1) is 0 Å². The zero-order chi connectivity index (χ0) is 19.8. The van der Waals surface area contributed by atoms with Gasteiger partial charge >= 0.3 is 0 Å². The average Bonchev–Trinajstić information content (AvgIpc) is 3.51. The van der Waals surface area contributed by atoms with Crippen molar-refractivity contribution >= 4 is 0 Å². The lowest BCUT2D eigenvalue weighted by atomic mass is 9.75. The molecule has 0 bridgehead atoms. The summed E-state index contributed by atoms with van der Waals surface area (Å²) in [6, 6.07) is 7.44. The maximum Gasteiger partial charge on any atom is 0.126 e. The smallest absolute Gasteiger partial charge is 0.126 e. The number of aliphatic hydroxyl groups excluding tert-OH is 4. The molecular weight excluding hydrogens is 344 g/mol. The van der Waals surface area contributed by atoms with Crippen LogP contribution in [0.15, 0.2) is 24.3 Å². The number of phenols is 1. The molecule has 0 spiro atoms. The standard InChI is InChI=1S/C22H28O5/c1-22(2,19-7-16(11-25)21(27)17(8-19)12-26)18-5-14(9-23)20(13-3-4-13)15(6-18)10-24/h5-8,13,23-27H,3-4,9-12H2,1-2H3. The van der Waals surface area contributed by atoms with Gasteiger partial charge in [-0.1, -0.05) is 26.0 Å². The van der Waals surface area contributed by atoms with E-state index in [1.54, 1.807) is 12.1 Å². The molecular formula is C22H28O5. The molecule has 2 aromatic rings. The molecule has 5 N–H and O–H groups in total. The second-order valence-corrected chi connectivity index (χ2v) is 7.88. The van der Waals surface area contributed by atoms with Crippen LogP contribution in [0.3, 0.4) is 0 Å². The summed E-state index contributed by atoms with van der Waals surface area (Å²) in [5.74, 6) is 0.331. The van der Waals surface area contributed by atoms with Gasteiger partial charge in [-0.25, -0.2) is 0 Å². The summed E-state index contributed by atoms with van der Waals surface area (Å²) < 4.78 is 0. The third-order valence-corrected chi connectivity index (χ3v) is 5.73. The lowest BCUT2D eigenvalue weighted by Crippen LogP contribution is -2.21. The van der Waals surface area contributed by atoms with Crippen LogP contribution in [0.25, 0.3) is 0 Å². The van der Waals surface area contributed by atoms with Crippen LogP contribution in [-0.4, -0.2) is 25.5 Å². The van der Waals surface area contributed by atoms with Crippen molar-refractivity contribution in [3.8, 4) is 5.75 Å². The summed E-state index contributed by atoms with van der Waals surface area (Å²) >= 11 is 0. The molecule has 0 amide bonds. The second kappa shape index (κ2) is 7.60. The molecule has 27 heavy (non-hydrogen) atoms. The van der Waals surface area contributed by atoms with Crippen molar-refractivity contribution in [2.24, 2.45) is 0 Å². The number of hydrogen-bond donors (Lipinski definition) is 5. The minimum Gasteiger partial charge on any atom is -0.507 e. The lowest BCUT2D eigenvalue weighted by Gasteiger charge is -2.29. The molecule has 0 aliphatic heterocycles. The maximum absolute atomic E-state index is 10.1. The van der Waals surface area contributed by atoms with Gasteiger partial charge < -0.3 is 25.5 Å². The zero-order valence-electron chi connectivity index (χ0n) is 15.9. The van der Waals surface area contributed by atoms with Crippen molar-refractivity contribution in [1.29, 1.82) is 0 Å². The topological polar surface area (TPSA) is 101 Å². The van der Waals surface area contributed by atoms with Gasteiger partial charge in [-0.05, 0) is 58.7 Å². The van der Waals surface area contributed by atoms with Crippen LogP contribution in [0.4, 0.5) is 0 Å². The van der Waals surface area contributed by atoms with Crippen molar-refractivity contribution in [1.82, 2.24) is 0 Å². The predicted molar refractivity (Wildman–Crippen MR) is 102 cm³/mol. The SMILES string of the molecule is CC(C)(c1cc(CO)c(O)c(CO)c1)c1cc(CO)c(C2CC2)c(CO)c1. The fourth-order valence-corrected chi connectivity index (χ4v) is 3.83. The molecule has 0 radical (unpaired) electrons. The van der Waals surface area contributed by atoms with Crippen LogP contribution in [0.1, 0.15) is 71.6 Å². The van der Waals surface area contributed by atoms with Gasteiger partial charge in [-0.2, -0.15) is 0 Å². The van der Waals surface area contributed by atoms with Crippen molar-refractivity contribution in [3.63, 3.8) is 0 Å². The Kier molecular flexibility index (Phi) is 5.58. The van der Waals surface area contributed by atoms with E-state index in [0.29, 0.717) is 17.0 Å². The van der Waals surface area contributed by atoms with Crippen molar-refractivity contribution in [3.05, 3.63) is 63.2 Å². The molecule has 0 heterocycles. The van der Waals surface area contributed by atoms with E-state index in [-0.39, 0.29) is 32.2 Å². The summed E-state index contributed by atoms with van der Waals surface area (Å²) in [5, 5.41) is 49.0. The first-order valence-corrected chi connectivity index (χ1v) is 9.32. The first-order valence-electron chi connectivity index (χ1n) is 9.32. The maximum atomic E-state index is 10.1. The van der Waals surface area contributed by atoms with Crippen molar-refractivity contribution in [2.75, 3.05) is 0 Å². The van der Waals surface area contributed by atoms with E-state index in [0.717, 1.165) is 40.7 Å². The van der Waals surface area contributed by atoms with E-state index in [1.165, 1.54) is 0 Å². The predicted octanol–water partition coefficient (Wildman–Crippen LogP) is 2.56. The number of aliphatic hydroxyl groups is 4. The minimum absolute atomic E-state index is 0.0812. The fraction of sp³-hybridized carbons (Fsp3) is 0.455. The summed E-state index contributed by atoms with van der Waals surface area (Å²) in [5.41, 5.74) is 4.73. The Morgan fingerprint density at radius 2 is 1.11 bits per heavy atom. The molecule has 1 saturated carbocycles. The van der Waals surface area contributed by atoms with E-state index in [4.69, 9.17) is 0 Å². The van der Waals surface area contributed by atoms with Gasteiger partial charge in [0.15, 0.2) is 0 Å². The monoisotopic (exact) mass is 372 g/mol. The Morgan fingerprint density at radius 3 is 1.44 bits per heavy atom. The van der Waals surface area contributed by atoms with Crippen LogP contribution >= 0.6 is 0 Å². The van der Waals surface area contributed by atoms with Gasteiger partial charge in [0.05, 0.1) is 26.4 Å². The van der Waals surface area contributed by atoms with E-state index >= 15 is 0 Å². The van der Waals surface area contributed by atoms with E-state index in [1.807, 2.05) is 26.0 Å². The minimum atomic E-state index is -0.516. The highest BCUT2D eigenvalue weighted by molar-refractivity contribution is 5.51. The quantitative estimate of drug-likeness (QED) is 0.514. The van der Waals surface area contributed by atoms with Crippen LogP contribution in [-0.2, 0) is 31.8 Å². The van der Waals surface area contributed by atoms with Gasteiger partial charge in [0.1, 0.15) is 5.75 Å². The summed E-state index contributed by atoms with van der Waals surface area (Å²) in [6.45, 7) is 3.21. The Bertz CT molecular complexity index is 787. The van der Waals surface area contributed by atoms with Crippen molar-refractivity contribution < 1.29 is 25.5 Å². The molecule has 1 fully saturated rings. The average molecular weight is 372 g/mol. The van der Waals surface area contributed by atoms with E-state index < -0.39 is 5.41 Å². The molecule has 5 heteroatoms. The number of aromatic hydroxyl groups is 1. The van der Waals surface area contributed by atoms with Gasteiger partial charge in [-0.3, -0.25) is 0 Å². The first-order chi connectivity index (χ1) is 12.9. The number of hydrogen-bond acceptors (Lipinski definition) is 5. The van der Waals surface area contributed by atoms with Crippen LogP contribution in [0, 0.1) is 0 Å². The second-order valence-electron chi connectivity index (χ2n) is 7.88. The molecule has 3 rings (SSSR count). The normalized spacial score (nSPS) is 14.6. The Morgan fingerprint density at radius 1 is 0.741 bits per heavy atom. The third-order valence-electron chi connectivity index (χ3n) is 5.73. The molecule has 0 unspecified atom stereocenters. The molecule has 1 aliphatic rings. The molecule has 0 atom stereocenters. The Balaban J connectivity index is 2.15. The molecule has 0 saturated heterocycles.